The number of carbonyl (C=O) groups is 1. The second-order valence-corrected chi connectivity index (χ2v) is 10.4. The molecule has 0 bridgehead atoms. The van der Waals surface area contributed by atoms with E-state index in [1.165, 1.54) is 0 Å². The molecule has 1 aliphatic heterocycles. The predicted octanol–water partition coefficient (Wildman–Crippen LogP) is 3.95. The van der Waals surface area contributed by atoms with Gasteiger partial charge in [-0.3, -0.25) is 4.79 Å². The van der Waals surface area contributed by atoms with E-state index in [1.54, 1.807) is 12.1 Å². The van der Waals surface area contributed by atoms with Gasteiger partial charge in [0.1, 0.15) is 11.4 Å². The van der Waals surface area contributed by atoms with Gasteiger partial charge in [-0.2, -0.15) is 0 Å². The van der Waals surface area contributed by atoms with Gasteiger partial charge in [-0.1, -0.05) is 27.7 Å². The number of nitrogens with one attached hydrogen (secondary N) is 1. The lowest BCUT2D eigenvalue weighted by molar-refractivity contribution is -0.00399. The number of hydrogen-bond acceptors (Lipinski definition) is 3. The van der Waals surface area contributed by atoms with E-state index in [2.05, 4.69) is 50.7 Å². The third-order valence-electron chi connectivity index (χ3n) is 5.79. The summed E-state index contributed by atoms with van der Waals surface area (Å²) in [6.07, 6.45) is -0.0184. The standard InChI is InChI=1S/C20H29N2O3Si/c1-12(2)20(3,4)18(25-26(5)6)17-11-21-19(24)16-10-13-9-14(23)7-8-15(13)22(16)17/h7-10,12,17-18,23H,11H2,1-6H3,(H,21,24)/t17-,18?/m0/s1. The molecular formula is C20H29N2O3Si. The lowest BCUT2D eigenvalue weighted by Gasteiger charge is -2.45. The van der Waals surface area contributed by atoms with Crippen LogP contribution in [0, 0.1) is 11.3 Å². The number of carbonyl (C=O) groups excluding carboxylic acids is 1. The van der Waals surface area contributed by atoms with Gasteiger partial charge in [-0.15, -0.1) is 0 Å². The summed E-state index contributed by atoms with van der Waals surface area (Å²) in [5.41, 5.74) is 1.54. The fourth-order valence-corrected chi connectivity index (χ4v) is 4.65. The van der Waals surface area contributed by atoms with Gasteiger partial charge in [0.15, 0.2) is 0 Å². The zero-order chi connectivity index (χ0) is 19.2. The van der Waals surface area contributed by atoms with Gasteiger partial charge in [0, 0.05) is 17.4 Å². The third-order valence-corrected chi connectivity index (χ3v) is 6.52. The Labute approximate surface area is 157 Å². The van der Waals surface area contributed by atoms with Gasteiger partial charge < -0.3 is 19.4 Å². The fraction of sp³-hybridized carbons (Fsp3) is 0.550. The first-order chi connectivity index (χ1) is 12.1. The van der Waals surface area contributed by atoms with Crippen LogP contribution in [0.1, 0.15) is 44.2 Å². The smallest absolute Gasteiger partial charge is 0.268 e. The normalized spacial score (nSPS) is 19.1. The number of phenols is 1. The highest BCUT2D eigenvalue weighted by Gasteiger charge is 2.43. The van der Waals surface area contributed by atoms with E-state index in [0.29, 0.717) is 18.2 Å². The van der Waals surface area contributed by atoms with Crippen LogP contribution in [-0.4, -0.2) is 37.3 Å². The maximum absolute atomic E-state index is 12.5. The Balaban J connectivity index is 2.17. The quantitative estimate of drug-likeness (QED) is 0.780. The van der Waals surface area contributed by atoms with Gasteiger partial charge in [-0.25, -0.2) is 0 Å². The minimum Gasteiger partial charge on any atom is -0.508 e. The van der Waals surface area contributed by atoms with Crippen molar-refractivity contribution in [3.63, 3.8) is 0 Å². The van der Waals surface area contributed by atoms with E-state index in [9.17, 15) is 9.90 Å². The molecule has 0 saturated heterocycles. The molecule has 26 heavy (non-hydrogen) atoms. The maximum atomic E-state index is 12.5. The van der Waals surface area contributed by atoms with Crippen molar-refractivity contribution in [2.24, 2.45) is 11.3 Å². The number of aromatic nitrogens is 1. The molecule has 3 rings (SSSR count). The summed E-state index contributed by atoms with van der Waals surface area (Å²) in [4.78, 5) is 12.5. The first kappa shape index (κ1) is 19.0. The van der Waals surface area contributed by atoms with Crippen LogP contribution in [0.25, 0.3) is 10.9 Å². The van der Waals surface area contributed by atoms with Crippen LogP contribution >= 0.6 is 0 Å². The molecular weight excluding hydrogens is 344 g/mol. The first-order valence-corrected chi connectivity index (χ1v) is 11.6. The molecule has 0 fully saturated rings. The number of nitrogens with zero attached hydrogens (tertiary/aromatic N) is 1. The van der Waals surface area contributed by atoms with Crippen molar-refractivity contribution < 1.29 is 14.3 Å². The Morgan fingerprint density at radius 1 is 1.31 bits per heavy atom. The minimum absolute atomic E-state index is 0.0158. The predicted molar refractivity (Wildman–Crippen MR) is 106 cm³/mol. The lowest BCUT2D eigenvalue weighted by Crippen LogP contribution is -2.51. The summed E-state index contributed by atoms with van der Waals surface area (Å²) >= 11 is 0. The van der Waals surface area contributed by atoms with E-state index < -0.39 is 9.04 Å². The Kier molecular flexibility index (Phi) is 4.92. The van der Waals surface area contributed by atoms with E-state index in [4.69, 9.17) is 4.43 Å². The average Bonchev–Trinajstić information content (AvgIpc) is 2.92. The van der Waals surface area contributed by atoms with Gasteiger partial charge in [0.25, 0.3) is 5.91 Å². The molecule has 1 radical (unpaired) electrons. The number of phenolic OH excluding ortho intramolecular Hbond substituents is 1. The monoisotopic (exact) mass is 373 g/mol. The minimum atomic E-state index is -0.921. The lowest BCUT2D eigenvalue weighted by atomic mass is 9.73. The molecule has 6 heteroatoms. The molecule has 0 aliphatic carbocycles. The van der Waals surface area contributed by atoms with Crippen LogP contribution in [0.5, 0.6) is 5.75 Å². The number of aromatic hydroxyl groups is 1. The third kappa shape index (κ3) is 3.16. The molecule has 0 saturated carbocycles. The molecule has 5 nitrogen and oxygen atoms in total. The Hall–Kier alpha value is -1.79. The Morgan fingerprint density at radius 3 is 2.62 bits per heavy atom. The van der Waals surface area contributed by atoms with Crippen LogP contribution in [0.4, 0.5) is 0 Å². The Morgan fingerprint density at radius 2 is 2.00 bits per heavy atom. The van der Waals surface area contributed by atoms with Crippen molar-refractivity contribution in [1.82, 2.24) is 9.88 Å². The number of benzene rings is 1. The summed E-state index contributed by atoms with van der Waals surface area (Å²) in [6, 6.07) is 7.16. The highest BCUT2D eigenvalue weighted by Crippen LogP contribution is 2.41. The molecule has 141 valence electrons. The highest BCUT2D eigenvalue weighted by atomic mass is 28.3. The number of fused-ring (bicyclic) bond motifs is 3. The zero-order valence-corrected chi connectivity index (χ0v) is 17.5. The topological polar surface area (TPSA) is 63.5 Å². The van der Waals surface area contributed by atoms with Crippen molar-refractivity contribution in [1.29, 1.82) is 0 Å². The number of rotatable bonds is 5. The van der Waals surface area contributed by atoms with Gasteiger partial charge in [0.2, 0.25) is 9.04 Å². The van der Waals surface area contributed by atoms with Crippen molar-refractivity contribution in [2.75, 3.05) is 6.54 Å². The average molecular weight is 374 g/mol. The maximum Gasteiger partial charge on any atom is 0.268 e. The van der Waals surface area contributed by atoms with E-state index in [0.717, 1.165) is 10.9 Å². The van der Waals surface area contributed by atoms with Crippen LogP contribution in [0.2, 0.25) is 13.1 Å². The number of hydrogen-bond donors (Lipinski definition) is 2. The van der Waals surface area contributed by atoms with Gasteiger partial charge >= 0.3 is 0 Å². The molecule has 2 aromatic rings. The van der Waals surface area contributed by atoms with Crippen LogP contribution in [0.15, 0.2) is 24.3 Å². The summed E-state index contributed by atoms with van der Waals surface area (Å²) in [6.45, 7) is 13.8. The molecule has 1 unspecified atom stereocenters. The van der Waals surface area contributed by atoms with E-state index in [-0.39, 0.29) is 29.2 Å². The molecule has 0 spiro atoms. The van der Waals surface area contributed by atoms with Crippen LogP contribution in [0.3, 0.4) is 0 Å². The van der Waals surface area contributed by atoms with Crippen molar-refractivity contribution >= 4 is 25.9 Å². The van der Waals surface area contributed by atoms with Crippen LogP contribution in [-0.2, 0) is 4.43 Å². The zero-order valence-electron chi connectivity index (χ0n) is 16.5. The summed E-state index contributed by atoms with van der Waals surface area (Å²) < 4.78 is 8.65. The molecule has 1 aromatic carbocycles. The summed E-state index contributed by atoms with van der Waals surface area (Å²) in [7, 11) is -0.921. The molecule has 1 aromatic heterocycles. The molecule has 2 N–H and O–H groups in total. The molecule has 1 aliphatic rings. The number of amides is 1. The van der Waals surface area contributed by atoms with Crippen molar-refractivity contribution in [3.05, 3.63) is 30.0 Å². The van der Waals surface area contributed by atoms with Gasteiger partial charge in [0.05, 0.1) is 12.1 Å². The fourth-order valence-electron chi connectivity index (χ4n) is 3.69. The summed E-state index contributed by atoms with van der Waals surface area (Å²) in [5.74, 6) is 0.567. The first-order valence-electron chi connectivity index (χ1n) is 9.22. The second kappa shape index (κ2) is 6.74. The SMILES string of the molecule is CC(C)C(C)(C)C(O[Si](C)C)[C@@H]1CNC(=O)c2cc3cc(O)ccc3n21. The Bertz CT molecular complexity index is 826. The van der Waals surface area contributed by atoms with Gasteiger partial charge in [-0.05, 0) is 48.7 Å². The van der Waals surface area contributed by atoms with Crippen molar-refractivity contribution in [2.45, 2.75) is 52.9 Å². The van der Waals surface area contributed by atoms with Crippen LogP contribution < -0.4 is 5.32 Å². The molecule has 2 heterocycles. The summed E-state index contributed by atoms with van der Waals surface area (Å²) in [5, 5.41) is 13.7. The molecule has 1 amide bonds. The van der Waals surface area contributed by atoms with Crippen molar-refractivity contribution in [3.8, 4) is 5.75 Å². The largest absolute Gasteiger partial charge is 0.508 e. The van der Waals surface area contributed by atoms with E-state index >= 15 is 0 Å². The molecule has 2 atom stereocenters. The van der Waals surface area contributed by atoms with E-state index in [1.807, 2.05) is 12.1 Å². The second-order valence-electron chi connectivity index (χ2n) is 8.34. The highest BCUT2D eigenvalue weighted by molar-refractivity contribution is 6.48.